The van der Waals surface area contributed by atoms with Gasteiger partial charge >= 0.3 is 0 Å². The molecule has 106 valence electrons. The van der Waals surface area contributed by atoms with Crippen molar-refractivity contribution in [3.05, 3.63) is 29.8 Å². The van der Waals surface area contributed by atoms with Crippen LogP contribution in [0.1, 0.15) is 32.8 Å². The van der Waals surface area contributed by atoms with Gasteiger partial charge in [-0.05, 0) is 24.2 Å². The zero-order valence-electron chi connectivity index (χ0n) is 12.4. The van der Waals surface area contributed by atoms with E-state index in [1.807, 2.05) is 12.1 Å². The summed E-state index contributed by atoms with van der Waals surface area (Å²) in [5.74, 6) is 0.947. The van der Waals surface area contributed by atoms with Crippen molar-refractivity contribution < 1.29 is 9.47 Å². The van der Waals surface area contributed by atoms with Crippen molar-refractivity contribution in [3.63, 3.8) is 0 Å². The monoisotopic (exact) mass is 263 g/mol. The Kier molecular flexibility index (Phi) is 4.48. The second-order valence-electron chi connectivity index (χ2n) is 5.85. The number of hydrogen-bond donors (Lipinski definition) is 1. The van der Waals surface area contributed by atoms with Gasteiger partial charge < -0.3 is 14.8 Å². The fourth-order valence-electron chi connectivity index (χ4n) is 2.72. The zero-order chi connectivity index (χ0) is 13.9. The number of rotatable bonds is 6. The van der Waals surface area contributed by atoms with E-state index in [0.717, 1.165) is 24.3 Å². The van der Waals surface area contributed by atoms with Gasteiger partial charge in [0.1, 0.15) is 11.9 Å². The lowest BCUT2D eigenvalue weighted by Crippen LogP contribution is -2.62. The Morgan fingerprint density at radius 1 is 1.37 bits per heavy atom. The third kappa shape index (κ3) is 3.10. The SMILES string of the molecule is CCNC1CC(Oc2cccc(COC)c2)C1(C)C. The molecule has 2 atom stereocenters. The third-order valence-corrected chi connectivity index (χ3v) is 4.12. The molecule has 1 aromatic carbocycles. The molecule has 3 nitrogen and oxygen atoms in total. The van der Waals surface area contributed by atoms with Crippen molar-refractivity contribution >= 4 is 0 Å². The van der Waals surface area contributed by atoms with Gasteiger partial charge in [0.2, 0.25) is 0 Å². The first kappa shape index (κ1) is 14.4. The molecule has 0 aliphatic heterocycles. The molecular formula is C16H25NO2. The van der Waals surface area contributed by atoms with Gasteiger partial charge in [-0.15, -0.1) is 0 Å². The van der Waals surface area contributed by atoms with Crippen molar-refractivity contribution in [3.8, 4) is 5.75 Å². The van der Waals surface area contributed by atoms with Crippen molar-refractivity contribution in [1.29, 1.82) is 0 Å². The lowest BCUT2D eigenvalue weighted by atomic mass is 9.64. The maximum atomic E-state index is 6.13. The normalized spacial score (nSPS) is 24.8. The summed E-state index contributed by atoms with van der Waals surface area (Å²) in [6.07, 6.45) is 1.37. The highest BCUT2D eigenvalue weighted by molar-refractivity contribution is 5.29. The fourth-order valence-corrected chi connectivity index (χ4v) is 2.72. The Labute approximate surface area is 116 Å². The molecule has 1 saturated carbocycles. The summed E-state index contributed by atoms with van der Waals surface area (Å²) in [7, 11) is 1.71. The fraction of sp³-hybridized carbons (Fsp3) is 0.625. The lowest BCUT2D eigenvalue weighted by molar-refractivity contribution is -0.0542. The predicted octanol–water partition coefficient (Wildman–Crippen LogP) is 2.99. The van der Waals surface area contributed by atoms with Gasteiger partial charge in [-0.1, -0.05) is 32.9 Å². The van der Waals surface area contributed by atoms with Crippen LogP contribution in [0.15, 0.2) is 24.3 Å². The van der Waals surface area contributed by atoms with Crippen LogP contribution in [-0.2, 0) is 11.3 Å². The van der Waals surface area contributed by atoms with Gasteiger partial charge in [-0.25, -0.2) is 0 Å². The lowest BCUT2D eigenvalue weighted by Gasteiger charge is -2.51. The van der Waals surface area contributed by atoms with Crippen molar-refractivity contribution in [2.24, 2.45) is 5.41 Å². The molecule has 0 amide bonds. The molecular weight excluding hydrogens is 238 g/mol. The molecule has 1 aromatic rings. The van der Waals surface area contributed by atoms with Gasteiger partial charge in [-0.3, -0.25) is 0 Å². The maximum absolute atomic E-state index is 6.13. The van der Waals surface area contributed by atoms with Crippen LogP contribution in [0.5, 0.6) is 5.75 Å². The zero-order valence-corrected chi connectivity index (χ0v) is 12.4. The van der Waals surface area contributed by atoms with E-state index in [2.05, 4.69) is 38.2 Å². The van der Waals surface area contributed by atoms with E-state index in [-0.39, 0.29) is 11.5 Å². The molecule has 0 bridgehead atoms. The topological polar surface area (TPSA) is 30.5 Å². The van der Waals surface area contributed by atoms with Crippen molar-refractivity contribution in [2.75, 3.05) is 13.7 Å². The van der Waals surface area contributed by atoms with Crippen LogP contribution in [0, 0.1) is 5.41 Å². The molecule has 1 fully saturated rings. The van der Waals surface area contributed by atoms with Crippen LogP contribution in [0.4, 0.5) is 0 Å². The van der Waals surface area contributed by atoms with Crippen LogP contribution >= 0.6 is 0 Å². The predicted molar refractivity (Wildman–Crippen MR) is 77.4 cm³/mol. The highest BCUT2D eigenvalue weighted by atomic mass is 16.5. The first-order chi connectivity index (χ1) is 9.07. The Morgan fingerprint density at radius 2 is 2.16 bits per heavy atom. The number of methoxy groups -OCH3 is 1. The molecule has 19 heavy (non-hydrogen) atoms. The molecule has 0 aromatic heterocycles. The summed E-state index contributed by atoms with van der Waals surface area (Å²) < 4.78 is 11.3. The Hall–Kier alpha value is -1.06. The Morgan fingerprint density at radius 3 is 2.79 bits per heavy atom. The summed E-state index contributed by atoms with van der Waals surface area (Å²) in [5.41, 5.74) is 1.34. The number of benzene rings is 1. The molecule has 0 spiro atoms. The van der Waals surface area contributed by atoms with Gasteiger partial charge in [0, 0.05) is 25.0 Å². The molecule has 3 heteroatoms. The van der Waals surface area contributed by atoms with E-state index in [9.17, 15) is 0 Å². The van der Waals surface area contributed by atoms with Crippen LogP contribution in [0.3, 0.4) is 0 Å². The van der Waals surface area contributed by atoms with Crippen LogP contribution in [-0.4, -0.2) is 25.8 Å². The highest BCUT2D eigenvalue weighted by Crippen LogP contribution is 2.43. The average molecular weight is 263 g/mol. The number of ether oxygens (including phenoxy) is 2. The van der Waals surface area contributed by atoms with Gasteiger partial charge in [0.15, 0.2) is 0 Å². The van der Waals surface area contributed by atoms with E-state index in [4.69, 9.17) is 9.47 Å². The van der Waals surface area contributed by atoms with Gasteiger partial charge in [0.25, 0.3) is 0 Å². The molecule has 2 unspecified atom stereocenters. The van der Waals surface area contributed by atoms with E-state index in [1.54, 1.807) is 7.11 Å². The quantitative estimate of drug-likeness (QED) is 0.856. The van der Waals surface area contributed by atoms with E-state index < -0.39 is 0 Å². The molecule has 0 heterocycles. The van der Waals surface area contributed by atoms with Crippen molar-refractivity contribution in [1.82, 2.24) is 5.32 Å². The second-order valence-corrected chi connectivity index (χ2v) is 5.85. The standard InChI is InChI=1S/C16H25NO2/c1-5-17-14-10-15(16(14,2)3)19-13-8-6-7-12(9-13)11-18-4/h6-9,14-15,17H,5,10-11H2,1-4H3. The van der Waals surface area contributed by atoms with Gasteiger partial charge in [-0.2, -0.15) is 0 Å². The molecule has 2 rings (SSSR count). The summed E-state index contributed by atoms with van der Waals surface area (Å²) in [5, 5.41) is 3.52. The molecule has 0 radical (unpaired) electrons. The summed E-state index contributed by atoms with van der Waals surface area (Å²) in [6.45, 7) is 8.34. The minimum atomic E-state index is 0.188. The minimum Gasteiger partial charge on any atom is -0.490 e. The minimum absolute atomic E-state index is 0.188. The molecule has 1 aliphatic rings. The van der Waals surface area contributed by atoms with E-state index in [1.165, 1.54) is 0 Å². The van der Waals surface area contributed by atoms with Crippen molar-refractivity contribution in [2.45, 2.75) is 45.9 Å². The number of hydrogen-bond acceptors (Lipinski definition) is 3. The number of nitrogens with one attached hydrogen (secondary N) is 1. The third-order valence-electron chi connectivity index (χ3n) is 4.12. The largest absolute Gasteiger partial charge is 0.490 e. The summed E-state index contributed by atoms with van der Waals surface area (Å²) >= 11 is 0. The molecule has 1 aliphatic carbocycles. The second kappa shape index (κ2) is 5.93. The van der Waals surface area contributed by atoms with E-state index >= 15 is 0 Å². The summed E-state index contributed by atoms with van der Waals surface area (Å²) in [4.78, 5) is 0. The van der Waals surface area contributed by atoms with E-state index in [0.29, 0.717) is 12.6 Å². The summed E-state index contributed by atoms with van der Waals surface area (Å²) in [6, 6.07) is 8.74. The maximum Gasteiger partial charge on any atom is 0.120 e. The smallest absolute Gasteiger partial charge is 0.120 e. The van der Waals surface area contributed by atoms with Crippen LogP contribution < -0.4 is 10.1 Å². The van der Waals surface area contributed by atoms with Crippen LogP contribution in [0.25, 0.3) is 0 Å². The first-order valence-electron chi connectivity index (χ1n) is 7.05. The average Bonchev–Trinajstić information content (AvgIpc) is 2.38. The van der Waals surface area contributed by atoms with Gasteiger partial charge in [0.05, 0.1) is 6.61 Å². The molecule has 1 N–H and O–H groups in total. The first-order valence-corrected chi connectivity index (χ1v) is 7.05. The van der Waals surface area contributed by atoms with Crippen LogP contribution in [0.2, 0.25) is 0 Å². The molecule has 0 saturated heterocycles. The highest BCUT2D eigenvalue weighted by Gasteiger charge is 2.49. The Balaban J connectivity index is 1.97. The Bertz CT molecular complexity index is 417.